The van der Waals surface area contributed by atoms with Gasteiger partial charge in [-0.2, -0.15) is 0 Å². The average Bonchev–Trinajstić information content (AvgIpc) is 2.93. The zero-order valence-electron chi connectivity index (χ0n) is 14.4. The van der Waals surface area contributed by atoms with E-state index >= 15 is 0 Å². The Hall–Kier alpha value is -2.57. The predicted molar refractivity (Wildman–Crippen MR) is 90.5 cm³/mol. The van der Waals surface area contributed by atoms with Crippen molar-refractivity contribution in [2.75, 3.05) is 19.6 Å². The van der Waals surface area contributed by atoms with Crippen molar-refractivity contribution in [1.29, 1.82) is 0 Å². The molecule has 134 valence electrons. The molecular weight excluding hydrogens is 322 g/mol. The van der Waals surface area contributed by atoms with Crippen molar-refractivity contribution in [2.24, 2.45) is 5.92 Å². The molecule has 4 amide bonds. The summed E-state index contributed by atoms with van der Waals surface area (Å²) in [7, 11) is 0. The van der Waals surface area contributed by atoms with E-state index in [1.54, 1.807) is 4.90 Å². The minimum atomic E-state index is -0.689. The third-order valence-electron chi connectivity index (χ3n) is 4.81. The molecular formula is C18H23N3O4. The van der Waals surface area contributed by atoms with Crippen LogP contribution in [0, 0.1) is 12.8 Å². The monoisotopic (exact) mass is 345 g/mol. The smallest absolute Gasteiger partial charge is 0.326 e. The van der Waals surface area contributed by atoms with E-state index in [1.807, 2.05) is 0 Å². The molecule has 2 heterocycles. The Bertz CT molecular complexity index is 635. The highest BCUT2D eigenvalue weighted by Gasteiger charge is 2.34. The summed E-state index contributed by atoms with van der Waals surface area (Å²) in [4.78, 5) is 41.4. The second-order valence-corrected chi connectivity index (χ2v) is 6.66. The predicted octanol–water partition coefficient (Wildman–Crippen LogP) is 2.24. The molecule has 0 radical (unpaired) electrons. The minimum Gasteiger partial charge on any atom is -0.326 e. The fourth-order valence-corrected chi connectivity index (χ4v) is 3.17. The third-order valence-corrected chi connectivity index (χ3v) is 4.81. The normalized spacial score (nSPS) is 18.4. The van der Waals surface area contributed by atoms with Gasteiger partial charge in [-0.15, -0.1) is 0 Å². The van der Waals surface area contributed by atoms with Gasteiger partial charge in [0, 0.05) is 13.1 Å². The van der Waals surface area contributed by atoms with Crippen LogP contribution < -0.4 is 5.32 Å². The number of likely N-dealkylation sites (tertiary alicyclic amines) is 1. The zero-order chi connectivity index (χ0) is 17.8. The zero-order valence-corrected chi connectivity index (χ0v) is 14.4. The largest absolute Gasteiger partial charge is 0.434 e. The molecule has 0 bridgehead atoms. The van der Waals surface area contributed by atoms with Crippen molar-refractivity contribution in [3.63, 3.8) is 0 Å². The van der Waals surface area contributed by atoms with E-state index in [0.717, 1.165) is 25.7 Å². The number of rotatable bonds is 4. The topological polar surface area (TPSA) is 79.0 Å². The second kappa shape index (κ2) is 7.55. The van der Waals surface area contributed by atoms with Gasteiger partial charge in [-0.05, 0) is 44.1 Å². The lowest BCUT2D eigenvalue weighted by Crippen LogP contribution is -2.43. The van der Waals surface area contributed by atoms with E-state index in [2.05, 4.69) is 36.5 Å². The highest BCUT2D eigenvalue weighted by molar-refractivity contribution is 6.01. The number of hydroxylamine groups is 2. The number of hydrogen-bond acceptors (Lipinski definition) is 4. The number of carbonyl (C=O) groups is 3. The maximum absolute atomic E-state index is 12.1. The number of carbonyl (C=O) groups excluding carboxylic acids is 3. The summed E-state index contributed by atoms with van der Waals surface area (Å²) < 4.78 is 0. The van der Waals surface area contributed by atoms with E-state index in [9.17, 15) is 14.4 Å². The number of hydrogen-bond donors (Lipinski definition) is 1. The molecule has 1 aromatic rings. The standard InChI is InChI=1S/C18H23N3O4/c1-13-2-4-14(5-3-13)6-7-15-8-10-20(11-9-15)18(24)25-21-16(22)12-19-17(21)23/h2-5,15H,6-12H2,1H3,(H,19,23). The Kier molecular flexibility index (Phi) is 5.21. The first kappa shape index (κ1) is 17.3. The maximum atomic E-state index is 12.1. The first-order valence-electron chi connectivity index (χ1n) is 8.66. The summed E-state index contributed by atoms with van der Waals surface area (Å²) in [6.45, 7) is 3.12. The lowest BCUT2D eigenvalue weighted by atomic mass is 9.90. The molecule has 0 spiro atoms. The molecule has 3 rings (SSSR count). The van der Waals surface area contributed by atoms with Crippen molar-refractivity contribution in [3.05, 3.63) is 35.4 Å². The average molecular weight is 345 g/mol. The van der Waals surface area contributed by atoms with Crippen LogP contribution in [0.4, 0.5) is 9.59 Å². The number of nitrogens with zero attached hydrogens (tertiary/aromatic N) is 2. The van der Waals surface area contributed by atoms with Gasteiger partial charge in [0.05, 0.1) is 0 Å². The van der Waals surface area contributed by atoms with Crippen LogP contribution in [0.15, 0.2) is 24.3 Å². The number of benzene rings is 1. The van der Waals surface area contributed by atoms with Gasteiger partial charge in [0.15, 0.2) is 0 Å². The fraction of sp³-hybridized carbons (Fsp3) is 0.500. The van der Waals surface area contributed by atoms with Gasteiger partial charge in [-0.3, -0.25) is 4.79 Å². The van der Waals surface area contributed by atoms with E-state index in [4.69, 9.17) is 4.84 Å². The van der Waals surface area contributed by atoms with Gasteiger partial charge in [-0.1, -0.05) is 34.9 Å². The lowest BCUT2D eigenvalue weighted by Gasteiger charge is -2.31. The summed E-state index contributed by atoms with van der Waals surface area (Å²) in [5.74, 6) is 0.0217. The van der Waals surface area contributed by atoms with Crippen LogP contribution in [-0.2, 0) is 16.1 Å². The Labute approximate surface area is 146 Å². The number of urea groups is 1. The Morgan fingerprint density at radius 1 is 1.20 bits per heavy atom. The van der Waals surface area contributed by atoms with Gasteiger partial charge in [0.1, 0.15) is 6.54 Å². The van der Waals surface area contributed by atoms with Gasteiger partial charge in [-0.25, -0.2) is 9.59 Å². The molecule has 1 N–H and O–H groups in total. The number of imide groups is 1. The van der Waals surface area contributed by atoms with E-state index in [0.29, 0.717) is 24.1 Å². The Morgan fingerprint density at radius 2 is 1.88 bits per heavy atom. The number of aryl methyl sites for hydroxylation is 2. The van der Waals surface area contributed by atoms with Crippen LogP contribution in [0.25, 0.3) is 0 Å². The minimum absolute atomic E-state index is 0.132. The molecule has 2 fully saturated rings. The summed E-state index contributed by atoms with van der Waals surface area (Å²) in [6.07, 6.45) is 3.31. The summed E-state index contributed by atoms with van der Waals surface area (Å²) in [5, 5.41) is 2.82. The molecule has 0 aromatic heterocycles. The van der Waals surface area contributed by atoms with Crippen LogP contribution in [0.5, 0.6) is 0 Å². The molecule has 0 saturated carbocycles. The summed E-state index contributed by atoms with van der Waals surface area (Å²) >= 11 is 0. The van der Waals surface area contributed by atoms with Crippen molar-refractivity contribution in [3.8, 4) is 0 Å². The summed E-state index contributed by atoms with van der Waals surface area (Å²) in [5.41, 5.74) is 2.60. The van der Waals surface area contributed by atoms with Crippen LogP contribution in [-0.4, -0.2) is 47.6 Å². The van der Waals surface area contributed by atoms with E-state index in [-0.39, 0.29) is 6.54 Å². The van der Waals surface area contributed by atoms with Crippen LogP contribution in [0.2, 0.25) is 0 Å². The number of piperidine rings is 1. The van der Waals surface area contributed by atoms with Gasteiger partial charge >= 0.3 is 12.1 Å². The molecule has 2 aliphatic heterocycles. The molecule has 0 aliphatic carbocycles. The highest BCUT2D eigenvalue weighted by atomic mass is 16.7. The van der Waals surface area contributed by atoms with Crippen molar-refractivity contribution in [1.82, 2.24) is 15.3 Å². The van der Waals surface area contributed by atoms with Gasteiger partial charge < -0.3 is 15.1 Å². The molecule has 7 nitrogen and oxygen atoms in total. The van der Waals surface area contributed by atoms with Crippen LogP contribution in [0.3, 0.4) is 0 Å². The van der Waals surface area contributed by atoms with Crippen molar-refractivity contribution >= 4 is 18.0 Å². The summed E-state index contributed by atoms with van der Waals surface area (Å²) in [6, 6.07) is 7.90. The number of amides is 4. The van der Waals surface area contributed by atoms with E-state index in [1.165, 1.54) is 11.1 Å². The fourth-order valence-electron chi connectivity index (χ4n) is 3.17. The maximum Gasteiger partial charge on any atom is 0.434 e. The Balaban J connectivity index is 1.42. The highest BCUT2D eigenvalue weighted by Crippen LogP contribution is 2.23. The lowest BCUT2D eigenvalue weighted by molar-refractivity contribution is -0.149. The van der Waals surface area contributed by atoms with Crippen LogP contribution in [0.1, 0.15) is 30.4 Å². The van der Waals surface area contributed by atoms with Crippen LogP contribution >= 0.6 is 0 Å². The molecule has 0 unspecified atom stereocenters. The second-order valence-electron chi connectivity index (χ2n) is 6.66. The quantitative estimate of drug-likeness (QED) is 0.849. The van der Waals surface area contributed by atoms with Crippen molar-refractivity contribution < 1.29 is 19.2 Å². The molecule has 2 aliphatic rings. The van der Waals surface area contributed by atoms with Crippen molar-refractivity contribution in [2.45, 2.75) is 32.6 Å². The van der Waals surface area contributed by atoms with Gasteiger partial charge in [0.25, 0.3) is 5.91 Å². The number of nitrogens with one attached hydrogen (secondary N) is 1. The molecule has 7 heteroatoms. The first-order valence-corrected chi connectivity index (χ1v) is 8.66. The Morgan fingerprint density at radius 3 is 2.48 bits per heavy atom. The van der Waals surface area contributed by atoms with Gasteiger partial charge in [0.2, 0.25) is 0 Å². The van der Waals surface area contributed by atoms with E-state index < -0.39 is 18.0 Å². The molecule has 0 atom stereocenters. The third kappa shape index (κ3) is 4.29. The molecule has 25 heavy (non-hydrogen) atoms. The molecule has 1 aromatic carbocycles. The molecule has 2 saturated heterocycles. The first-order chi connectivity index (χ1) is 12.0. The SMILES string of the molecule is Cc1ccc(CCC2CCN(C(=O)ON3C(=O)CNC3=O)CC2)cc1.